The number of nitro groups is 1. The Kier molecular flexibility index (Phi) is 5.78. The van der Waals surface area contributed by atoms with Gasteiger partial charge in [-0.15, -0.1) is 0 Å². The molecule has 8 heteroatoms. The van der Waals surface area contributed by atoms with Crippen LogP contribution < -0.4 is 19.5 Å². The second-order valence-electron chi connectivity index (χ2n) is 5.13. The number of ether oxygens (including phenoxy) is 3. The van der Waals surface area contributed by atoms with Gasteiger partial charge in [-0.1, -0.05) is 6.07 Å². The zero-order chi connectivity index (χ0) is 18.4. The van der Waals surface area contributed by atoms with Gasteiger partial charge >= 0.3 is 0 Å². The molecule has 0 radical (unpaired) electrons. The fourth-order valence-corrected chi connectivity index (χ4v) is 2.13. The molecular weight excluding hydrogens is 328 g/mol. The van der Waals surface area contributed by atoms with E-state index in [4.69, 9.17) is 14.2 Å². The minimum Gasteiger partial charge on any atom is -0.495 e. The zero-order valence-corrected chi connectivity index (χ0v) is 14.1. The second-order valence-corrected chi connectivity index (χ2v) is 5.13. The van der Waals surface area contributed by atoms with E-state index in [9.17, 15) is 14.9 Å². The summed E-state index contributed by atoms with van der Waals surface area (Å²) in [5.41, 5.74) is 1.04. The molecule has 8 nitrogen and oxygen atoms in total. The van der Waals surface area contributed by atoms with E-state index in [-0.39, 0.29) is 18.0 Å². The van der Waals surface area contributed by atoms with Gasteiger partial charge in [0.2, 0.25) is 0 Å². The van der Waals surface area contributed by atoms with Gasteiger partial charge in [-0.2, -0.15) is 0 Å². The lowest BCUT2D eigenvalue weighted by Crippen LogP contribution is -2.20. The number of non-ortho nitro benzene ring substituents is 1. The molecule has 0 bridgehead atoms. The smallest absolute Gasteiger partial charge is 0.271 e. The Balaban J connectivity index is 2.08. The molecule has 132 valence electrons. The van der Waals surface area contributed by atoms with Crippen LogP contribution in [0.25, 0.3) is 0 Å². The van der Waals surface area contributed by atoms with E-state index in [1.54, 1.807) is 12.1 Å². The SMILES string of the molecule is COc1ccc([N+](=O)[O-])cc1NC(=O)COc1ccc(C)cc1OC. The van der Waals surface area contributed by atoms with Crippen LogP contribution in [0.3, 0.4) is 0 Å². The molecule has 1 amide bonds. The van der Waals surface area contributed by atoms with E-state index < -0.39 is 10.8 Å². The third-order valence-electron chi connectivity index (χ3n) is 3.35. The van der Waals surface area contributed by atoms with Gasteiger partial charge < -0.3 is 19.5 Å². The molecule has 0 fully saturated rings. The largest absolute Gasteiger partial charge is 0.495 e. The average molecular weight is 346 g/mol. The van der Waals surface area contributed by atoms with Crippen LogP contribution in [0.1, 0.15) is 5.56 Å². The first-order valence-corrected chi connectivity index (χ1v) is 7.34. The number of nitrogens with zero attached hydrogens (tertiary/aromatic N) is 1. The standard InChI is InChI=1S/C17H18N2O6/c1-11-4-6-15(16(8-11)24-3)25-10-17(20)18-13-9-12(19(21)22)5-7-14(13)23-2/h4-9H,10H2,1-3H3,(H,18,20). The topological polar surface area (TPSA) is 99.9 Å². The number of aryl methyl sites for hydroxylation is 1. The van der Waals surface area contributed by atoms with Crippen LogP contribution >= 0.6 is 0 Å². The Labute approximate surface area is 144 Å². The molecule has 0 saturated heterocycles. The van der Waals surface area contributed by atoms with Crippen molar-refractivity contribution in [2.45, 2.75) is 6.92 Å². The van der Waals surface area contributed by atoms with Crippen LogP contribution in [0.4, 0.5) is 11.4 Å². The predicted molar refractivity (Wildman–Crippen MR) is 91.5 cm³/mol. The predicted octanol–water partition coefficient (Wildman–Crippen LogP) is 2.94. The summed E-state index contributed by atoms with van der Waals surface area (Å²) in [6.45, 7) is 1.62. The van der Waals surface area contributed by atoms with Crippen molar-refractivity contribution < 1.29 is 23.9 Å². The van der Waals surface area contributed by atoms with Crippen molar-refractivity contribution in [2.24, 2.45) is 0 Å². The maximum atomic E-state index is 12.1. The molecule has 25 heavy (non-hydrogen) atoms. The maximum absolute atomic E-state index is 12.1. The van der Waals surface area contributed by atoms with Crippen molar-refractivity contribution in [3.05, 3.63) is 52.1 Å². The first-order valence-electron chi connectivity index (χ1n) is 7.34. The van der Waals surface area contributed by atoms with Crippen LogP contribution in [-0.4, -0.2) is 31.7 Å². The highest BCUT2D eigenvalue weighted by Crippen LogP contribution is 2.30. The van der Waals surface area contributed by atoms with Crippen molar-refractivity contribution in [1.29, 1.82) is 0 Å². The van der Waals surface area contributed by atoms with Gasteiger partial charge in [-0.3, -0.25) is 14.9 Å². The van der Waals surface area contributed by atoms with E-state index >= 15 is 0 Å². The van der Waals surface area contributed by atoms with Crippen LogP contribution in [0.15, 0.2) is 36.4 Å². The van der Waals surface area contributed by atoms with E-state index in [0.29, 0.717) is 17.2 Å². The minimum atomic E-state index is -0.553. The van der Waals surface area contributed by atoms with Gasteiger partial charge in [0.05, 0.1) is 24.8 Å². The number of carbonyl (C=O) groups excluding carboxylic acids is 1. The number of nitrogens with one attached hydrogen (secondary N) is 1. The monoisotopic (exact) mass is 346 g/mol. The van der Waals surface area contributed by atoms with Crippen molar-refractivity contribution in [2.75, 3.05) is 26.1 Å². The molecule has 0 aliphatic heterocycles. The van der Waals surface area contributed by atoms with Crippen LogP contribution in [0.2, 0.25) is 0 Å². The Bertz CT molecular complexity index is 791. The van der Waals surface area contributed by atoms with E-state index in [1.807, 2.05) is 13.0 Å². The molecular formula is C17H18N2O6. The average Bonchev–Trinajstić information content (AvgIpc) is 2.60. The Morgan fingerprint density at radius 2 is 1.76 bits per heavy atom. The lowest BCUT2D eigenvalue weighted by Gasteiger charge is -2.12. The number of anilines is 1. The van der Waals surface area contributed by atoms with E-state index in [1.165, 1.54) is 32.4 Å². The third kappa shape index (κ3) is 4.60. The van der Waals surface area contributed by atoms with E-state index in [0.717, 1.165) is 5.56 Å². The third-order valence-corrected chi connectivity index (χ3v) is 3.35. The Morgan fingerprint density at radius 1 is 1.08 bits per heavy atom. The summed E-state index contributed by atoms with van der Waals surface area (Å²) >= 11 is 0. The molecule has 0 heterocycles. The highest BCUT2D eigenvalue weighted by Gasteiger charge is 2.14. The first-order chi connectivity index (χ1) is 11.9. The second kappa shape index (κ2) is 8.00. The van der Waals surface area contributed by atoms with E-state index in [2.05, 4.69) is 5.32 Å². The number of hydrogen-bond donors (Lipinski definition) is 1. The van der Waals surface area contributed by atoms with Crippen LogP contribution in [0.5, 0.6) is 17.2 Å². The van der Waals surface area contributed by atoms with Crippen molar-refractivity contribution in [3.63, 3.8) is 0 Å². The van der Waals surface area contributed by atoms with Gasteiger partial charge in [0.1, 0.15) is 5.75 Å². The summed E-state index contributed by atoms with van der Waals surface area (Å²) in [5, 5.41) is 13.4. The number of methoxy groups -OCH3 is 2. The first kappa shape index (κ1) is 18.1. The molecule has 0 atom stereocenters. The van der Waals surface area contributed by atoms with Gasteiger partial charge in [0.25, 0.3) is 11.6 Å². The fraction of sp³-hybridized carbons (Fsp3) is 0.235. The van der Waals surface area contributed by atoms with Crippen LogP contribution in [0, 0.1) is 17.0 Å². The summed E-state index contributed by atoms with van der Waals surface area (Å²) in [6.07, 6.45) is 0. The maximum Gasteiger partial charge on any atom is 0.271 e. The number of hydrogen-bond acceptors (Lipinski definition) is 6. The van der Waals surface area contributed by atoms with Crippen molar-refractivity contribution >= 4 is 17.3 Å². The lowest BCUT2D eigenvalue weighted by molar-refractivity contribution is -0.384. The molecule has 0 spiro atoms. The van der Waals surface area contributed by atoms with Crippen molar-refractivity contribution in [1.82, 2.24) is 0 Å². The minimum absolute atomic E-state index is 0.155. The van der Waals surface area contributed by atoms with Crippen LogP contribution in [-0.2, 0) is 4.79 Å². The molecule has 2 aromatic carbocycles. The molecule has 0 unspecified atom stereocenters. The number of rotatable bonds is 7. The highest BCUT2D eigenvalue weighted by molar-refractivity contribution is 5.93. The van der Waals surface area contributed by atoms with Gasteiger partial charge in [0.15, 0.2) is 18.1 Å². The molecule has 1 N–H and O–H groups in total. The van der Waals surface area contributed by atoms with Gasteiger partial charge in [-0.25, -0.2) is 0 Å². The molecule has 2 aromatic rings. The Hall–Kier alpha value is -3.29. The summed E-state index contributed by atoms with van der Waals surface area (Å²) in [6, 6.07) is 9.26. The molecule has 0 saturated carbocycles. The molecule has 0 aromatic heterocycles. The fourth-order valence-electron chi connectivity index (χ4n) is 2.13. The van der Waals surface area contributed by atoms with Gasteiger partial charge in [0, 0.05) is 12.1 Å². The molecule has 0 aliphatic carbocycles. The number of amides is 1. The summed E-state index contributed by atoms with van der Waals surface area (Å²) < 4.78 is 15.8. The normalized spacial score (nSPS) is 10.0. The molecule has 2 rings (SSSR count). The number of benzene rings is 2. The Morgan fingerprint density at radius 3 is 2.40 bits per heavy atom. The zero-order valence-electron chi connectivity index (χ0n) is 14.1. The summed E-state index contributed by atoms with van der Waals surface area (Å²) in [4.78, 5) is 22.4. The summed E-state index contributed by atoms with van der Waals surface area (Å²) in [7, 11) is 2.92. The lowest BCUT2D eigenvalue weighted by atomic mass is 10.2. The quantitative estimate of drug-likeness (QED) is 0.611. The highest BCUT2D eigenvalue weighted by atomic mass is 16.6. The van der Waals surface area contributed by atoms with Crippen molar-refractivity contribution in [3.8, 4) is 17.2 Å². The van der Waals surface area contributed by atoms with Gasteiger partial charge in [-0.05, 0) is 30.7 Å². The number of carbonyl (C=O) groups is 1. The number of nitro benzene ring substituents is 1. The molecule has 0 aliphatic rings. The summed E-state index contributed by atoms with van der Waals surface area (Å²) in [5.74, 6) is 0.767.